The van der Waals surface area contributed by atoms with Gasteiger partial charge in [-0.1, -0.05) is 59.8 Å². The molecule has 0 bridgehead atoms. The summed E-state index contributed by atoms with van der Waals surface area (Å²) in [6, 6.07) is 15.6. The standard InChI is InChI=1S/C18H18N2O3S2/c1-14-7-9-16(10-8-14)25(22,23)19-18-20(11-12-24-18)13-17(21)15-5-3-2-4-6-15/h2-10H,11-13H2,1H3/b19-18+. The van der Waals surface area contributed by atoms with Gasteiger partial charge in [0.15, 0.2) is 11.0 Å². The van der Waals surface area contributed by atoms with Crippen LogP contribution in [0.25, 0.3) is 0 Å². The zero-order valence-electron chi connectivity index (χ0n) is 13.8. The van der Waals surface area contributed by atoms with Crippen LogP contribution in [0.4, 0.5) is 0 Å². The van der Waals surface area contributed by atoms with Gasteiger partial charge < -0.3 is 4.90 Å². The van der Waals surface area contributed by atoms with E-state index in [1.807, 2.05) is 25.1 Å². The molecule has 0 saturated carbocycles. The molecule has 0 spiro atoms. The van der Waals surface area contributed by atoms with Crippen LogP contribution in [0.1, 0.15) is 15.9 Å². The van der Waals surface area contributed by atoms with Gasteiger partial charge in [0.2, 0.25) is 0 Å². The molecule has 2 aromatic carbocycles. The van der Waals surface area contributed by atoms with Gasteiger partial charge >= 0.3 is 0 Å². The Labute approximate surface area is 151 Å². The fourth-order valence-electron chi connectivity index (χ4n) is 2.42. The maximum Gasteiger partial charge on any atom is 0.284 e. The van der Waals surface area contributed by atoms with Crippen LogP contribution in [0.2, 0.25) is 0 Å². The van der Waals surface area contributed by atoms with Gasteiger partial charge in [-0.15, -0.1) is 4.40 Å². The second-order valence-electron chi connectivity index (χ2n) is 5.72. The molecule has 2 aromatic rings. The zero-order chi connectivity index (χ0) is 17.9. The molecule has 1 heterocycles. The number of aryl methyl sites for hydroxylation is 1. The predicted molar refractivity (Wildman–Crippen MR) is 101 cm³/mol. The Balaban J connectivity index is 1.80. The van der Waals surface area contributed by atoms with Crippen molar-refractivity contribution >= 4 is 32.7 Å². The van der Waals surface area contributed by atoms with Crippen LogP contribution in [0.5, 0.6) is 0 Å². The lowest BCUT2D eigenvalue weighted by atomic mass is 10.1. The molecule has 0 aliphatic carbocycles. The van der Waals surface area contributed by atoms with Crippen molar-refractivity contribution in [3.63, 3.8) is 0 Å². The van der Waals surface area contributed by atoms with E-state index in [4.69, 9.17) is 0 Å². The molecule has 1 saturated heterocycles. The van der Waals surface area contributed by atoms with Crippen LogP contribution in [0.15, 0.2) is 63.9 Å². The van der Waals surface area contributed by atoms with Crippen molar-refractivity contribution in [1.82, 2.24) is 4.90 Å². The van der Waals surface area contributed by atoms with Crippen LogP contribution >= 0.6 is 11.8 Å². The molecule has 0 aromatic heterocycles. The Morgan fingerprint density at radius 2 is 1.80 bits per heavy atom. The zero-order valence-corrected chi connectivity index (χ0v) is 15.4. The van der Waals surface area contributed by atoms with Gasteiger partial charge in [0.1, 0.15) is 0 Å². The highest BCUT2D eigenvalue weighted by atomic mass is 32.2. The van der Waals surface area contributed by atoms with Crippen LogP contribution in [0.3, 0.4) is 0 Å². The summed E-state index contributed by atoms with van der Waals surface area (Å²) in [4.78, 5) is 14.3. The normalized spacial score (nSPS) is 16.4. The van der Waals surface area contributed by atoms with Crippen molar-refractivity contribution < 1.29 is 13.2 Å². The van der Waals surface area contributed by atoms with Gasteiger partial charge in [-0.05, 0) is 19.1 Å². The summed E-state index contributed by atoms with van der Waals surface area (Å²) in [5.41, 5.74) is 1.59. The molecule has 0 unspecified atom stereocenters. The third kappa shape index (κ3) is 4.29. The number of carbonyl (C=O) groups is 1. The Bertz CT molecular complexity index is 892. The Morgan fingerprint density at radius 1 is 1.12 bits per heavy atom. The summed E-state index contributed by atoms with van der Waals surface area (Å²) in [5, 5.41) is 0.379. The first-order valence-corrected chi connectivity index (χ1v) is 10.3. The van der Waals surface area contributed by atoms with Gasteiger partial charge in [0, 0.05) is 17.9 Å². The molecule has 7 heteroatoms. The Hall–Kier alpha value is -2.12. The van der Waals surface area contributed by atoms with Crippen molar-refractivity contribution in [2.24, 2.45) is 4.40 Å². The molecule has 0 N–H and O–H groups in total. The van der Waals surface area contributed by atoms with Gasteiger partial charge in [0.05, 0.1) is 11.4 Å². The van der Waals surface area contributed by atoms with E-state index in [0.717, 1.165) is 5.56 Å². The lowest BCUT2D eigenvalue weighted by Crippen LogP contribution is -2.31. The largest absolute Gasteiger partial charge is 0.342 e. The Morgan fingerprint density at radius 3 is 2.48 bits per heavy atom. The second-order valence-corrected chi connectivity index (χ2v) is 8.39. The van der Waals surface area contributed by atoms with Crippen molar-refractivity contribution in [3.8, 4) is 0 Å². The molecular formula is C18H18N2O3S2. The van der Waals surface area contributed by atoms with Gasteiger partial charge in [-0.2, -0.15) is 8.42 Å². The number of Topliss-reactive ketones (excluding diaryl/α,β-unsaturated/α-hetero) is 1. The minimum absolute atomic E-state index is 0.0523. The van der Waals surface area contributed by atoms with E-state index in [1.165, 1.54) is 11.8 Å². The third-order valence-electron chi connectivity index (χ3n) is 3.81. The fourth-order valence-corrected chi connectivity index (χ4v) is 4.66. The first-order valence-electron chi connectivity index (χ1n) is 7.83. The number of carbonyl (C=O) groups excluding carboxylic acids is 1. The molecular weight excluding hydrogens is 356 g/mol. The fraction of sp³-hybridized carbons (Fsp3) is 0.222. The summed E-state index contributed by atoms with van der Waals surface area (Å²) in [6.45, 7) is 2.62. The number of amidine groups is 1. The predicted octanol–water partition coefficient (Wildman–Crippen LogP) is 2.97. The first kappa shape index (κ1) is 17.7. The molecule has 1 aliphatic rings. The topological polar surface area (TPSA) is 66.8 Å². The first-order chi connectivity index (χ1) is 12.0. The van der Waals surface area contributed by atoms with Crippen LogP contribution in [-0.2, 0) is 10.0 Å². The lowest BCUT2D eigenvalue weighted by Gasteiger charge is -2.16. The van der Waals surface area contributed by atoms with E-state index in [9.17, 15) is 13.2 Å². The smallest absolute Gasteiger partial charge is 0.284 e. The number of rotatable bonds is 5. The molecule has 1 aliphatic heterocycles. The molecule has 130 valence electrons. The quantitative estimate of drug-likeness (QED) is 0.753. The molecule has 0 radical (unpaired) electrons. The number of nitrogens with zero attached hydrogens (tertiary/aromatic N) is 2. The molecule has 5 nitrogen and oxygen atoms in total. The van der Waals surface area contributed by atoms with E-state index in [2.05, 4.69) is 4.40 Å². The minimum Gasteiger partial charge on any atom is -0.342 e. The lowest BCUT2D eigenvalue weighted by molar-refractivity contribution is 0.0967. The number of ketones is 1. The summed E-state index contributed by atoms with van der Waals surface area (Å²) in [5.74, 6) is 0.660. The summed E-state index contributed by atoms with van der Waals surface area (Å²) >= 11 is 1.36. The molecule has 1 fully saturated rings. The minimum atomic E-state index is -3.78. The average Bonchev–Trinajstić information content (AvgIpc) is 3.02. The van der Waals surface area contributed by atoms with E-state index in [-0.39, 0.29) is 17.2 Å². The summed E-state index contributed by atoms with van der Waals surface area (Å²) < 4.78 is 28.9. The number of thioether (sulfide) groups is 1. The van der Waals surface area contributed by atoms with E-state index in [1.54, 1.807) is 41.3 Å². The van der Waals surface area contributed by atoms with Crippen molar-refractivity contribution in [2.75, 3.05) is 18.8 Å². The van der Waals surface area contributed by atoms with Crippen molar-refractivity contribution in [2.45, 2.75) is 11.8 Å². The molecule has 3 rings (SSSR count). The summed E-state index contributed by atoms with van der Waals surface area (Å²) in [6.07, 6.45) is 0. The van der Waals surface area contributed by atoms with Crippen LogP contribution in [-0.4, -0.2) is 43.1 Å². The number of hydrogen-bond donors (Lipinski definition) is 0. The Kier molecular flexibility index (Phi) is 5.24. The maximum atomic E-state index is 12.5. The van der Waals surface area contributed by atoms with Crippen LogP contribution in [0, 0.1) is 6.92 Å². The van der Waals surface area contributed by atoms with Crippen LogP contribution < -0.4 is 0 Å². The maximum absolute atomic E-state index is 12.5. The van der Waals surface area contributed by atoms with Crippen molar-refractivity contribution in [3.05, 3.63) is 65.7 Å². The van der Waals surface area contributed by atoms with E-state index >= 15 is 0 Å². The third-order valence-corrected chi connectivity index (χ3v) is 6.20. The SMILES string of the molecule is Cc1ccc(S(=O)(=O)/N=C2/SCCN2CC(=O)c2ccccc2)cc1. The number of hydrogen-bond acceptors (Lipinski definition) is 4. The number of sulfonamides is 1. The average molecular weight is 374 g/mol. The molecule has 25 heavy (non-hydrogen) atoms. The van der Waals surface area contributed by atoms with Gasteiger partial charge in [0.25, 0.3) is 10.0 Å². The van der Waals surface area contributed by atoms with E-state index in [0.29, 0.717) is 23.0 Å². The second kappa shape index (κ2) is 7.41. The summed E-state index contributed by atoms with van der Waals surface area (Å²) in [7, 11) is -3.78. The molecule has 0 atom stereocenters. The highest BCUT2D eigenvalue weighted by molar-refractivity contribution is 8.14. The van der Waals surface area contributed by atoms with Gasteiger partial charge in [-0.25, -0.2) is 0 Å². The molecule has 0 amide bonds. The highest BCUT2D eigenvalue weighted by Gasteiger charge is 2.25. The monoisotopic (exact) mass is 374 g/mol. The highest BCUT2D eigenvalue weighted by Crippen LogP contribution is 2.22. The van der Waals surface area contributed by atoms with Crippen molar-refractivity contribution in [1.29, 1.82) is 0 Å². The van der Waals surface area contributed by atoms with Gasteiger partial charge in [-0.3, -0.25) is 4.79 Å². The number of benzene rings is 2. The van der Waals surface area contributed by atoms with E-state index < -0.39 is 10.0 Å².